The molecule has 1 aliphatic carbocycles. The van der Waals surface area contributed by atoms with E-state index in [0.717, 1.165) is 0 Å². The Hall–Kier alpha value is -2.35. The predicted octanol–water partition coefficient (Wildman–Crippen LogP) is 1.32. The first-order valence-corrected chi connectivity index (χ1v) is 6.37. The van der Waals surface area contributed by atoms with E-state index >= 15 is 0 Å². The van der Waals surface area contributed by atoms with Crippen molar-refractivity contribution < 1.29 is 24.3 Å². The van der Waals surface area contributed by atoms with Crippen LogP contribution in [0.1, 0.15) is 19.3 Å². The second kappa shape index (κ2) is 5.57. The summed E-state index contributed by atoms with van der Waals surface area (Å²) < 4.78 is 10.5. The summed E-state index contributed by atoms with van der Waals surface area (Å²) in [6.07, 6.45) is 0.368. The van der Waals surface area contributed by atoms with Crippen LogP contribution in [0, 0.1) is 10.1 Å². The Labute approximate surface area is 120 Å². The number of rotatable bonds is 5. The molecule has 0 aromatic heterocycles. The van der Waals surface area contributed by atoms with Gasteiger partial charge >= 0.3 is 11.7 Å². The van der Waals surface area contributed by atoms with Crippen molar-refractivity contribution in [1.82, 2.24) is 0 Å². The lowest BCUT2D eigenvalue weighted by Crippen LogP contribution is -2.46. The summed E-state index contributed by atoms with van der Waals surface area (Å²) in [5.41, 5.74) is 4.21. The molecule has 0 saturated heterocycles. The van der Waals surface area contributed by atoms with E-state index in [-0.39, 0.29) is 24.3 Å². The fraction of sp³-hybridized carbons (Fsp3) is 0.462. The topological polar surface area (TPSA) is 125 Å². The molecule has 114 valence electrons. The number of carbonyl (C=O) groups is 1. The Bertz CT molecular complexity index is 576. The first-order chi connectivity index (χ1) is 9.85. The Morgan fingerprint density at radius 3 is 2.81 bits per heavy atom. The molecule has 0 heterocycles. The van der Waals surface area contributed by atoms with Crippen molar-refractivity contribution in [2.75, 3.05) is 7.11 Å². The molecule has 1 aliphatic rings. The third-order valence-corrected chi connectivity index (χ3v) is 3.59. The van der Waals surface area contributed by atoms with Crippen LogP contribution >= 0.6 is 0 Å². The smallest absolute Gasteiger partial charge is 0.323 e. The molecule has 1 aromatic rings. The molecule has 2 atom stereocenters. The molecule has 2 unspecified atom stereocenters. The molecule has 0 amide bonds. The van der Waals surface area contributed by atoms with Gasteiger partial charge in [-0.15, -0.1) is 0 Å². The first kappa shape index (κ1) is 15.0. The average molecular weight is 296 g/mol. The zero-order valence-electron chi connectivity index (χ0n) is 11.4. The van der Waals surface area contributed by atoms with E-state index in [1.165, 1.54) is 19.2 Å². The van der Waals surface area contributed by atoms with Gasteiger partial charge in [0.15, 0.2) is 5.75 Å². The molecule has 21 heavy (non-hydrogen) atoms. The summed E-state index contributed by atoms with van der Waals surface area (Å²) in [7, 11) is 1.41. The van der Waals surface area contributed by atoms with Crippen molar-refractivity contribution in [1.29, 1.82) is 0 Å². The van der Waals surface area contributed by atoms with Crippen molar-refractivity contribution in [2.24, 2.45) is 5.73 Å². The highest BCUT2D eigenvalue weighted by Gasteiger charge is 2.43. The van der Waals surface area contributed by atoms with E-state index in [1.54, 1.807) is 6.07 Å². The third-order valence-electron chi connectivity index (χ3n) is 3.59. The van der Waals surface area contributed by atoms with Gasteiger partial charge in [0.25, 0.3) is 0 Å². The second-order valence-corrected chi connectivity index (χ2v) is 5.03. The highest BCUT2D eigenvalue weighted by molar-refractivity contribution is 5.79. The highest BCUT2D eigenvalue weighted by Crippen LogP contribution is 2.36. The third kappa shape index (κ3) is 3.05. The van der Waals surface area contributed by atoms with Crippen LogP contribution < -0.4 is 15.2 Å². The zero-order valence-corrected chi connectivity index (χ0v) is 11.4. The number of methoxy groups -OCH3 is 1. The van der Waals surface area contributed by atoms with Crippen LogP contribution in [0.15, 0.2) is 18.2 Å². The summed E-state index contributed by atoms with van der Waals surface area (Å²) in [5, 5.41) is 20.1. The van der Waals surface area contributed by atoms with Crippen molar-refractivity contribution in [3.63, 3.8) is 0 Å². The van der Waals surface area contributed by atoms with Crippen LogP contribution in [-0.2, 0) is 4.79 Å². The predicted molar refractivity (Wildman–Crippen MR) is 72.5 cm³/mol. The summed E-state index contributed by atoms with van der Waals surface area (Å²) >= 11 is 0. The second-order valence-electron chi connectivity index (χ2n) is 5.03. The van der Waals surface area contributed by atoms with Crippen molar-refractivity contribution in [3.05, 3.63) is 28.3 Å². The number of hydrogen-bond donors (Lipinski definition) is 2. The minimum absolute atomic E-state index is 0.0837. The summed E-state index contributed by atoms with van der Waals surface area (Å²) in [4.78, 5) is 21.6. The van der Waals surface area contributed by atoms with Crippen molar-refractivity contribution in [3.8, 4) is 11.5 Å². The maximum atomic E-state index is 11.1. The highest BCUT2D eigenvalue weighted by atomic mass is 16.6. The van der Waals surface area contributed by atoms with E-state index in [4.69, 9.17) is 20.3 Å². The Morgan fingerprint density at radius 1 is 1.57 bits per heavy atom. The van der Waals surface area contributed by atoms with Crippen molar-refractivity contribution >= 4 is 11.7 Å². The van der Waals surface area contributed by atoms with Crippen LogP contribution in [-0.4, -0.2) is 34.8 Å². The lowest BCUT2D eigenvalue weighted by molar-refractivity contribution is -0.386. The Balaban J connectivity index is 2.17. The van der Waals surface area contributed by atoms with Gasteiger partial charge in [-0.3, -0.25) is 14.9 Å². The van der Waals surface area contributed by atoms with Crippen LogP contribution in [0.3, 0.4) is 0 Å². The molecule has 1 fully saturated rings. The molecule has 1 aromatic carbocycles. The largest absolute Gasteiger partial charge is 0.496 e. The molecule has 0 spiro atoms. The van der Waals surface area contributed by atoms with Gasteiger partial charge in [0, 0.05) is 6.42 Å². The molecule has 8 nitrogen and oxygen atoms in total. The van der Waals surface area contributed by atoms with Crippen molar-refractivity contribution in [2.45, 2.75) is 30.9 Å². The summed E-state index contributed by atoms with van der Waals surface area (Å²) in [5.74, 6) is -0.655. The van der Waals surface area contributed by atoms with Crippen LogP contribution in [0.25, 0.3) is 0 Å². The normalized spacial score (nSPS) is 24.6. The molecule has 2 rings (SSSR count). The zero-order chi connectivity index (χ0) is 15.6. The average Bonchev–Trinajstić information content (AvgIpc) is 2.82. The SMILES string of the molecule is COc1ccc(OC2CCC(N)(C(=O)O)C2)c([N+](=O)[O-])c1. The molecule has 0 radical (unpaired) electrons. The Morgan fingerprint density at radius 2 is 2.29 bits per heavy atom. The fourth-order valence-corrected chi connectivity index (χ4v) is 2.37. The Kier molecular flexibility index (Phi) is 3.99. The first-order valence-electron chi connectivity index (χ1n) is 6.37. The summed E-state index contributed by atoms with van der Waals surface area (Å²) in [6.45, 7) is 0. The number of aliphatic carboxylic acids is 1. The minimum atomic E-state index is -1.33. The number of nitro groups is 1. The van der Waals surface area contributed by atoms with Gasteiger partial charge in [0.05, 0.1) is 18.1 Å². The number of nitro benzene ring substituents is 1. The van der Waals surface area contributed by atoms with Crippen LogP contribution in [0.5, 0.6) is 11.5 Å². The maximum Gasteiger partial charge on any atom is 0.323 e. The fourth-order valence-electron chi connectivity index (χ4n) is 2.37. The van der Waals surface area contributed by atoms with Gasteiger partial charge < -0.3 is 20.3 Å². The molecular weight excluding hydrogens is 280 g/mol. The summed E-state index contributed by atoms with van der Waals surface area (Å²) in [6, 6.07) is 4.25. The molecular formula is C13H16N2O6. The molecule has 3 N–H and O–H groups in total. The molecule has 0 aliphatic heterocycles. The number of carboxylic acids is 1. The monoisotopic (exact) mass is 296 g/mol. The van der Waals surface area contributed by atoms with Gasteiger partial charge in [-0.2, -0.15) is 0 Å². The van der Waals surface area contributed by atoms with E-state index in [1.807, 2.05) is 0 Å². The number of nitrogens with zero attached hydrogens (tertiary/aromatic N) is 1. The van der Waals surface area contributed by atoms with Gasteiger partial charge in [-0.05, 0) is 25.0 Å². The number of carboxylic acid groups (broad SMARTS) is 1. The van der Waals surface area contributed by atoms with Gasteiger partial charge in [-0.1, -0.05) is 0 Å². The molecule has 1 saturated carbocycles. The van der Waals surface area contributed by atoms with Gasteiger partial charge in [-0.25, -0.2) is 0 Å². The van der Waals surface area contributed by atoms with Gasteiger partial charge in [0.2, 0.25) is 0 Å². The molecule has 0 bridgehead atoms. The van der Waals surface area contributed by atoms with Crippen LogP contribution in [0.2, 0.25) is 0 Å². The lowest BCUT2D eigenvalue weighted by atomic mass is 10.00. The molecule has 8 heteroatoms. The van der Waals surface area contributed by atoms with Gasteiger partial charge in [0.1, 0.15) is 17.4 Å². The number of nitrogens with two attached hydrogens (primary N) is 1. The van der Waals surface area contributed by atoms with E-state index in [0.29, 0.717) is 12.2 Å². The lowest BCUT2D eigenvalue weighted by Gasteiger charge is -2.18. The van der Waals surface area contributed by atoms with Crippen LogP contribution in [0.4, 0.5) is 5.69 Å². The number of benzene rings is 1. The number of hydrogen-bond acceptors (Lipinski definition) is 6. The van der Waals surface area contributed by atoms with E-state index < -0.39 is 22.5 Å². The maximum absolute atomic E-state index is 11.1. The number of ether oxygens (including phenoxy) is 2. The van der Waals surface area contributed by atoms with E-state index in [9.17, 15) is 14.9 Å². The van der Waals surface area contributed by atoms with E-state index in [2.05, 4.69) is 0 Å². The standard InChI is InChI=1S/C13H16N2O6/c1-20-8-2-3-11(10(6-8)15(18)19)21-9-4-5-13(14,7-9)12(16)17/h2-3,6,9H,4-5,7,14H2,1H3,(H,16,17). The quantitative estimate of drug-likeness (QED) is 0.620. The minimum Gasteiger partial charge on any atom is -0.496 e.